The molecule has 1 aliphatic heterocycles. The zero-order chi connectivity index (χ0) is 13.0. The number of esters is 1. The number of nitrogens with one attached hydrogen (secondary N) is 1. The molecule has 0 amide bonds. The number of carbonyl (C=O) groups is 1. The number of ether oxygens (including phenoxy) is 2. The Labute approximate surface area is 107 Å². The summed E-state index contributed by atoms with van der Waals surface area (Å²) in [5.41, 5.74) is 1.72. The molecule has 0 aromatic heterocycles. The number of carbonyl (C=O) groups excluding carboxylic acids is 1. The smallest absolute Gasteiger partial charge is 0.338 e. The Balaban J connectivity index is 2.09. The zero-order valence-corrected chi connectivity index (χ0v) is 10.8. The van der Waals surface area contributed by atoms with E-state index in [-0.39, 0.29) is 18.1 Å². The van der Waals surface area contributed by atoms with Crippen molar-refractivity contribution in [2.24, 2.45) is 0 Å². The number of hydrogen-bond donors (Lipinski definition) is 1. The van der Waals surface area contributed by atoms with Gasteiger partial charge in [0.1, 0.15) is 0 Å². The minimum atomic E-state index is -0.273. The fourth-order valence-corrected chi connectivity index (χ4v) is 2.15. The highest BCUT2D eigenvalue weighted by atomic mass is 16.5. The topological polar surface area (TPSA) is 47.6 Å². The van der Waals surface area contributed by atoms with Crippen LogP contribution in [0.4, 0.5) is 0 Å². The lowest BCUT2D eigenvalue weighted by atomic mass is 10.00. The average Bonchev–Trinajstić information content (AvgIpc) is 2.40. The molecule has 0 radical (unpaired) electrons. The van der Waals surface area contributed by atoms with E-state index in [9.17, 15) is 4.79 Å². The molecular weight excluding hydrogens is 230 g/mol. The SMILES string of the molecule is CCOC(=O)c1ccc([C@@H]2NCCO[C@H]2C)cc1. The first kappa shape index (κ1) is 13.1. The summed E-state index contributed by atoms with van der Waals surface area (Å²) in [6.45, 7) is 5.86. The highest BCUT2D eigenvalue weighted by molar-refractivity contribution is 5.89. The molecule has 0 aliphatic carbocycles. The van der Waals surface area contributed by atoms with Crippen LogP contribution in [0.15, 0.2) is 24.3 Å². The molecule has 2 rings (SSSR count). The van der Waals surface area contributed by atoms with Gasteiger partial charge in [-0.3, -0.25) is 0 Å². The van der Waals surface area contributed by atoms with Gasteiger partial charge in [-0.05, 0) is 31.5 Å². The summed E-state index contributed by atoms with van der Waals surface area (Å²) in [5, 5.41) is 3.42. The third kappa shape index (κ3) is 2.89. The monoisotopic (exact) mass is 249 g/mol. The molecule has 0 saturated carbocycles. The summed E-state index contributed by atoms with van der Waals surface area (Å²) in [6, 6.07) is 7.70. The Morgan fingerprint density at radius 3 is 2.78 bits per heavy atom. The predicted molar refractivity (Wildman–Crippen MR) is 68.6 cm³/mol. The van der Waals surface area contributed by atoms with Gasteiger partial charge < -0.3 is 14.8 Å². The summed E-state index contributed by atoms with van der Waals surface area (Å²) < 4.78 is 10.6. The van der Waals surface area contributed by atoms with Crippen molar-refractivity contribution in [2.45, 2.75) is 26.0 Å². The molecule has 1 heterocycles. The highest BCUT2D eigenvalue weighted by Crippen LogP contribution is 2.22. The summed E-state index contributed by atoms with van der Waals surface area (Å²) >= 11 is 0. The van der Waals surface area contributed by atoms with Gasteiger partial charge in [-0.25, -0.2) is 4.79 Å². The van der Waals surface area contributed by atoms with Crippen molar-refractivity contribution in [3.8, 4) is 0 Å². The van der Waals surface area contributed by atoms with Crippen molar-refractivity contribution < 1.29 is 14.3 Å². The number of rotatable bonds is 3. The molecule has 1 aliphatic rings. The molecule has 4 heteroatoms. The first-order valence-corrected chi connectivity index (χ1v) is 6.34. The van der Waals surface area contributed by atoms with Crippen molar-refractivity contribution in [1.82, 2.24) is 5.32 Å². The van der Waals surface area contributed by atoms with Crippen LogP contribution in [0.5, 0.6) is 0 Å². The van der Waals surface area contributed by atoms with Crippen LogP contribution in [0.25, 0.3) is 0 Å². The van der Waals surface area contributed by atoms with Gasteiger partial charge in [0.2, 0.25) is 0 Å². The molecule has 4 nitrogen and oxygen atoms in total. The molecule has 0 spiro atoms. The Morgan fingerprint density at radius 1 is 1.44 bits per heavy atom. The largest absolute Gasteiger partial charge is 0.462 e. The van der Waals surface area contributed by atoms with Crippen molar-refractivity contribution in [2.75, 3.05) is 19.8 Å². The lowest BCUT2D eigenvalue weighted by molar-refractivity contribution is 0.00756. The average molecular weight is 249 g/mol. The van der Waals surface area contributed by atoms with E-state index < -0.39 is 0 Å². The van der Waals surface area contributed by atoms with Gasteiger partial charge in [0.25, 0.3) is 0 Å². The molecule has 0 bridgehead atoms. The normalized spacial score (nSPS) is 23.7. The van der Waals surface area contributed by atoms with Gasteiger partial charge >= 0.3 is 5.97 Å². The molecular formula is C14H19NO3. The van der Waals surface area contributed by atoms with Gasteiger partial charge in [0.15, 0.2) is 0 Å². The van der Waals surface area contributed by atoms with Crippen molar-refractivity contribution in [3.05, 3.63) is 35.4 Å². The maximum Gasteiger partial charge on any atom is 0.338 e. The summed E-state index contributed by atoms with van der Waals surface area (Å²) in [5.74, 6) is -0.273. The third-order valence-electron chi connectivity index (χ3n) is 3.10. The van der Waals surface area contributed by atoms with Crippen LogP contribution in [0.2, 0.25) is 0 Å². The third-order valence-corrected chi connectivity index (χ3v) is 3.10. The van der Waals surface area contributed by atoms with Crippen molar-refractivity contribution >= 4 is 5.97 Å². The van der Waals surface area contributed by atoms with E-state index in [0.717, 1.165) is 18.7 Å². The van der Waals surface area contributed by atoms with Gasteiger partial charge in [0.05, 0.1) is 30.9 Å². The van der Waals surface area contributed by atoms with E-state index in [2.05, 4.69) is 12.2 Å². The molecule has 0 unspecified atom stereocenters. The minimum Gasteiger partial charge on any atom is -0.462 e. The lowest BCUT2D eigenvalue weighted by Gasteiger charge is -2.30. The summed E-state index contributed by atoms with van der Waals surface area (Å²) in [7, 11) is 0. The molecule has 1 aromatic carbocycles. The quantitative estimate of drug-likeness (QED) is 0.831. The first-order valence-electron chi connectivity index (χ1n) is 6.34. The van der Waals surface area contributed by atoms with Gasteiger partial charge in [0, 0.05) is 6.54 Å². The Morgan fingerprint density at radius 2 is 2.17 bits per heavy atom. The van der Waals surface area contributed by atoms with E-state index in [1.165, 1.54) is 0 Å². The van der Waals surface area contributed by atoms with Crippen LogP contribution < -0.4 is 5.32 Å². The Kier molecular flexibility index (Phi) is 4.33. The maximum atomic E-state index is 11.5. The van der Waals surface area contributed by atoms with E-state index in [4.69, 9.17) is 9.47 Å². The van der Waals surface area contributed by atoms with Crippen molar-refractivity contribution in [3.63, 3.8) is 0 Å². The number of morpholine rings is 1. The van der Waals surface area contributed by atoms with Gasteiger partial charge in [-0.2, -0.15) is 0 Å². The lowest BCUT2D eigenvalue weighted by Crippen LogP contribution is -2.40. The molecule has 2 atom stereocenters. The molecule has 1 N–H and O–H groups in total. The number of benzene rings is 1. The van der Waals surface area contributed by atoms with Crippen LogP contribution in [0, 0.1) is 0 Å². The predicted octanol–water partition coefficient (Wildman–Crippen LogP) is 1.91. The van der Waals surface area contributed by atoms with Crippen molar-refractivity contribution in [1.29, 1.82) is 0 Å². The van der Waals surface area contributed by atoms with E-state index in [1.807, 2.05) is 12.1 Å². The Hall–Kier alpha value is -1.39. The maximum absolute atomic E-state index is 11.5. The fourth-order valence-electron chi connectivity index (χ4n) is 2.15. The fraction of sp³-hybridized carbons (Fsp3) is 0.500. The summed E-state index contributed by atoms with van der Waals surface area (Å²) in [6.07, 6.45) is 0.146. The van der Waals surface area contributed by atoms with Crippen LogP contribution in [-0.2, 0) is 9.47 Å². The molecule has 18 heavy (non-hydrogen) atoms. The summed E-state index contributed by atoms with van der Waals surface area (Å²) in [4.78, 5) is 11.5. The van der Waals surface area contributed by atoms with Crippen LogP contribution in [-0.4, -0.2) is 31.8 Å². The van der Waals surface area contributed by atoms with E-state index in [0.29, 0.717) is 12.2 Å². The molecule has 1 aromatic rings. The zero-order valence-electron chi connectivity index (χ0n) is 10.8. The second-order valence-electron chi connectivity index (χ2n) is 4.35. The molecule has 1 fully saturated rings. The Bertz CT molecular complexity index is 402. The highest BCUT2D eigenvalue weighted by Gasteiger charge is 2.23. The van der Waals surface area contributed by atoms with Gasteiger partial charge in [-0.15, -0.1) is 0 Å². The minimum absolute atomic E-state index is 0.146. The number of hydrogen-bond acceptors (Lipinski definition) is 4. The van der Waals surface area contributed by atoms with Crippen LogP contribution >= 0.6 is 0 Å². The standard InChI is InChI=1S/C14H19NO3/c1-3-17-14(16)12-6-4-11(5-7-12)13-10(2)18-9-8-15-13/h4-7,10,13,15H,3,8-9H2,1-2H3/t10-,13+/m0/s1. The van der Waals surface area contributed by atoms with Crippen LogP contribution in [0.1, 0.15) is 35.8 Å². The molecule has 1 saturated heterocycles. The molecule has 98 valence electrons. The van der Waals surface area contributed by atoms with E-state index in [1.54, 1.807) is 19.1 Å². The second kappa shape index (κ2) is 5.98. The second-order valence-corrected chi connectivity index (χ2v) is 4.35. The van der Waals surface area contributed by atoms with Gasteiger partial charge in [-0.1, -0.05) is 12.1 Å². The van der Waals surface area contributed by atoms with Crippen LogP contribution in [0.3, 0.4) is 0 Å². The first-order chi connectivity index (χ1) is 8.72. The van der Waals surface area contributed by atoms with E-state index >= 15 is 0 Å².